The highest BCUT2D eigenvalue weighted by Gasteiger charge is 2.26. The van der Waals surface area contributed by atoms with Gasteiger partial charge >= 0.3 is 11.4 Å². The second-order valence-electron chi connectivity index (χ2n) is 4.94. The molecule has 0 spiro atoms. The Balaban J connectivity index is 2.63. The van der Waals surface area contributed by atoms with Crippen LogP contribution in [0.15, 0.2) is 12.1 Å². The van der Waals surface area contributed by atoms with Crippen LogP contribution in [0.25, 0.3) is 0 Å². The smallest absolute Gasteiger partial charge is 0.321 e. The maximum atomic E-state index is 10.8. The summed E-state index contributed by atoms with van der Waals surface area (Å²) in [5, 5.41) is 31.1. The molecule has 22 heavy (non-hydrogen) atoms. The van der Waals surface area contributed by atoms with Crippen LogP contribution in [-0.2, 0) is 0 Å². The monoisotopic (exact) mass is 312 g/mol. The lowest BCUT2D eigenvalue weighted by molar-refractivity contribution is -0.396. The van der Waals surface area contributed by atoms with E-state index in [1.165, 1.54) is 6.42 Å². The van der Waals surface area contributed by atoms with Crippen LogP contribution < -0.4 is 4.74 Å². The lowest BCUT2D eigenvalue weighted by Gasteiger charge is -2.07. The molecule has 0 atom stereocenters. The molecule has 0 aliphatic heterocycles. The van der Waals surface area contributed by atoms with Gasteiger partial charge in [0, 0.05) is 0 Å². The largest absolute Gasteiger partial charge is 0.497 e. The van der Waals surface area contributed by atoms with Crippen molar-refractivity contribution < 1.29 is 19.7 Å². The zero-order valence-electron chi connectivity index (χ0n) is 12.5. The third kappa shape index (κ3) is 5.19. The van der Waals surface area contributed by atoms with Gasteiger partial charge in [0.2, 0.25) is 0 Å². The zero-order valence-corrected chi connectivity index (χ0v) is 12.5. The molecule has 0 bridgehead atoms. The summed E-state index contributed by atoms with van der Waals surface area (Å²) in [6.07, 6.45) is 6.35. The van der Waals surface area contributed by atoms with Gasteiger partial charge in [-0.15, -0.1) is 0 Å². The van der Waals surface area contributed by atoms with Crippen molar-refractivity contribution in [1.82, 2.24) is 0 Å². The average Bonchev–Trinajstić information content (AvgIpc) is 2.47. The molecule has 0 saturated heterocycles. The minimum Gasteiger partial charge on any atom is -0.497 e. The Labute approximate surface area is 128 Å². The van der Waals surface area contributed by atoms with Crippen molar-refractivity contribution in [2.24, 2.45) is 0 Å². The number of benzene rings is 1. The number of nitro groups is 2. The van der Waals surface area contributed by atoms with Gasteiger partial charge in [-0.25, -0.2) is 0 Å². The number of nitrogens with zero attached hydrogens (tertiary/aromatic N) is 2. The zero-order chi connectivity index (χ0) is 16.5. The van der Waals surface area contributed by atoms with Gasteiger partial charge in [-0.05, 0) is 6.42 Å². The van der Waals surface area contributed by atoms with Gasteiger partial charge in [0.1, 0.15) is 5.75 Å². The van der Waals surface area contributed by atoms with Gasteiger partial charge < -0.3 is 9.84 Å². The molecule has 1 rings (SSSR count). The van der Waals surface area contributed by atoms with Crippen LogP contribution in [0, 0.1) is 20.2 Å². The first kappa shape index (κ1) is 17.7. The molecule has 0 aliphatic carbocycles. The molecular formula is C14H20N2O6. The molecule has 0 amide bonds. The predicted octanol–water partition coefficient (Wildman–Crippen LogP) is 3.95. The Kier molecular flexibility index (Phi) is 7.07. The van der Waals surface area contributed by atoms with Gasteiger partial charge in [-0.3, -0.25) is 20.2 Å². The van der Waals surface area contributed by atoms with Crippen molar-refractivity contribution in [3.05, 3.63) is 32.4 Å². The fourth-order valence-corrected chi connectivity index (χ4v) is 2.01. The van der Waals surface area contributed by atoms with E-state index < -0.39 is 27.0 Å². The van der Waals surface area contributed by atoms with Crippen LogP contribution in [0.4, 0.5) is 11.4 Å². The van der Waals surface area contributed by atoms with Gasteiger partial charge in [0.15, 0.2) is 0 Å². The first-order chi connectivity index (χ1) is 10.5. The number of rotatable bonds is 10. The number of phenolic OH excluding ortho intramolecular Hbond substituents is 1. The van der Waals surface area contributed by atoms with Crippen LogP contribution in [0.3, 0.4) is 0 Å². The predicted molar refractivity (Wildman–Crippen MR) is 80.3 cm³/mol. The van der Waals surface area contributed by atoms with Crippen molar-refractivity contribution in [1.29, 1.82) is 0 Å². The minimum atomic E-state index is -0.957. The third-order valence-corrected chi connectivity index (χ3v) is 3.20. The summed E-state index contributed by atoms with van der Waals surface area (Å²) in [6.45, 7) is 2.46. The molecule has 122 valence electrons. The second-order valence-corrected chi connectivity index (χ2v) is 4.94. The number of phenols is 1. The van der Waals surface area contributed by atoms with E-state index in [4.69, 9.17) is 4.74 Å². The molecule has 0 radical (unpaired) electrons. The second kappa shape index (κ2) is 8.81. The molecule has 0 aromatic heterocycles. The molecule has 1 aromatic carbocycles. The van der Waals surface area contributed by atoms with Crippen LogP contribution >= 0.6 is 0 Å². The minimum absolute atomic E-state index is 0.0183. The fraction of sp³-hybridized carbons (Fsp3) is 0.571. The van der Waals surface area contributed by atoms with Crippen LogP contribution in [-0.4, -0.2) is 21.6 Å². The van der Waals surface area contributed by atoms with E-state index in [0.29, 0.717) is 6.61 Å². The molecule has 8 heteroatoms. The van der Waals surface area contributed by atoms with Crippen molar-refractivity contribution in [3.8, 4) is 11.5 Å². The SMILES string of the molecule is CCCCCCCCOc1cc([N+](=O)[O-])c(O)c([N+](=O)[O-])c1. The molecule has 0 heterocycles. The summed E-state index contributed by atoms with van der Waals surface area (Å²) < 4.78 is 5.33. The highest BCUT2D eigenvalue weighted by molar-refractivity contribution is 5.62. The van der Waals surface area contributed by atoms with E-state index in [1.54, 1.807) is 0 Å². The quantitative estimate of drug-likeness (QED) is 0.397. The molecule has 0 fully saturated rings. The molecule has 1 aromatic rings. The highest BCUT2D eigenvalue weighted by atomic mass is 16.6. The van der Waals surface area contributed by atoms with Crippen molar-refractivity contribution in [2.45, 2.75) is 45.4 Å². The summed E-state index contributed by atoms with van der Waals surface area (Å²) in [5.74, 6) is -0.938. The summed E-state index contributed by atoms with van der Waals surface area (Å²) in [4.78, 5) is 19.8. The van der Waals surface area contributed by atoms with Gasteiger partial charge in [-0.2, -0.15) is 0 Å². The Hall–Kier alpha value is -2.38. The normalized spacial score (nSPS) is 10.4. The van der Waals surface area contributed by atoms with E-state index in [0.717, 1.165) is 44.2 Å². The van der Waals surface area contributed by atoms with Crippen LogP contribution in [0.2, 0.25) is 0 Å². The Morgan fingerprint density at radius 2 is 1.50 bits per heavy atom. The molecule has 0 aliphatic rings. The Bertz CT molecular complexity index is 497. The Morgan fingerprint density at radius 3 is 2.00 bits per heavy atom. The lowest BCUT2D eigenvalue weighted by atomic mass is 10.1. The molecule has 1 N–H and O–H groups in total. The first-order valence-corrected chi connectivity index (χ1v) is 7.26. The molecular weight excluding hydrogens is 292 g/mol. The van der Waals surface area contributed by atoms with E-state index >= 15 is 0 Å². The number of ether oxygens (including phenoxy) is 1. The van der Waals surface area contributed by atoms with E-state index in [1.807, 2.05) is 0 Å². The van der Waals surface area contributed by atoms with Crippen molar-refractivity contribution >= 4 is 11.4 Å². The number of unbranched alkanes of at least 4 members (excludes halogenated alkanes) is 5. The standard InChI is InChI=1S/C14H20N2O6/c1-2-3-4-5-6-7-8-22-11-9-12(15(18)19)14(17)13(10-11)16(20)21/h9-10,17H,2-8H2,1H3. The number of hydrogen-bond donors (Lipinski definition) is 1. The van der Waals surface area contributed by atoms with Gasteiger partial charge in [-0.1, -0.05) is 39.0 Å². The molecule has 8 nitrogen and oxygen atoms in total. The third-order valence-electron chi connectivity index (χ3n) is 3.20. The van der Waals surface area contributed by atoms with Crippen LogP contribution in [0.5, 0.6) is 11.5 Å². The van der Waals surface area contributed by atoms with Gasteiger partial charge in [0.25, 0.3) is 5.75 Å². The van der Waals surface area contributed by atoms with Crippen molar-refractivity contribution in [3.63, 3.8) is 0 Å². The number of hydrogen-bond acceptors (Lipinski definition) is 6. The summed E-state index contributed by atoms with van der Waals surface area (Å²) in [6, 6.07) is 2.00. The average molecular weight is 312 g/mol. The molecule has 0 unspecified atom stereocenters. The maximum absolute atomic E-state index is 10.8. The topological polar surface area (TPSA) is 116 Å². The highest BCUT2D eigenvalue weighted by Crippen LogP contribution is 2.39. The number of nitro benzene ring substituents is 2. The summed E-state index contributed by atoms with van der Waals surface area (Å²) >= 11 is 0. The van der Waals surface area contributed by atoms with Gasteiger partial charge in [0.05, 0.1) is 28.6 Å². The Morgan fingerprint density at radius 1 is 1.00 bits per heavy atom. The lowest BCUT2D eigenvalue weighted by Crippen LogP contribution is -2.00. The fourth-order valence-electron chi connectivity index (χ4n) is 2.01. The van der Waals surface area contributed by atoms with E-state index in [-0.39, 0.29) is 5.75 Å². The molecule has 0 saturated carbocycles. The maximum Gasteiger partial charge on any atom is 0.321 e. The first-order valence-electron chi connectivity index (χ1n) is 7.26. The van der Waals surface area contributed by atoms with E-state index in [2.05, 4.69) is 6.92 Å². The van der Waals surface area contributed by atoms with Crippen molar-refractivity contribution in [2.75, 3.05) is 6.61 Å². The summed E-state index contributed by atoms with van der Waals surface area (Å²) in [7, 11) is 0. The number of aromatic hydroxyl groups is 1. The summed E-state index contributed by atoms with van der Waals surface area (Å²) in [5.41, 5.74) is -1.46. The van der Waals surface area contributed by atoms with E-state index in [9.17, 15) is 25.3 Å². The van der Waals surface area contributed by atoms with Crippen LogP contribution in [0.1, 0.15) is 45.4 Å².